The molecule has 1 heterocycles. The van der Waals surface area contributed by atoms with Crippen molar-refractivity contribution in [1.82, 2.24) is 0 Å². The summed E-state index contributed by atoms with van der Waals surface area (Å²) in [6.07, 6.45) is 5.99. The van der Waals surface area contributed by atoms with Gasteiger partial charge in [-0.2, -0.15) is 0 Å². The van der Waals surface area contributed by atoms with Crippen LogP contribution in [0.2, 0.25) is 5.02 Å². The van der Waals surface area contributed by atoms with Crippen LogP contribution in [0.5, 0.6) is 0 Å². The first-order chi connectivity index (χ1) is 12.6. The zero-order valence-corrected chi connectivity index (χ0v) is 16.0. The van der Waals surface area contributed by atoms with Gasteiger partial charge in [-0.3, -0.25) is 4.99 Å². The van der Waals surface area contributed by atoms with Crippen LogP contribution >= 0.6 is 11.6 Å². The van der Waals surface area contributed by atoms with Gasteiger partial charge in [0, 0.05) is 5.02 Å². The van der Waals surface area contributed by atoms with Gasteiger partial charge >= 0.3 is 0 Å². The van der Waals surface area contributed by atoms with E-state index in [-0.39, 0.29) is 5.54 Å². The quantitative estimate of drug-likeness (QED) is 0.671. The number of benzene rings is 2. The summed E-state index contributed by atoms with van der Waals surface area (Å²) in [5.41, 5.74) is 3.35. The zero-order valence-electron chi connectivity index (χ0n) is 15.3. The highest BCUT2D eigenvalue weighted by Gasteiger charge is 2.40. The molecular weight excluding hydrogens is 342 g/mol. The maximum atomic E-state index is 6.14. The van der Waals surface area contributed by atoms with Crippen molar-refractivity contribution >= 4 is 28.8 Å². The molecule has 3 nitrogen and oxygen atoms in total. The second-order valence-corrected chi connectivity index (χ2v) is 8.14. The van der Waals surface area contributed by atoms with Crippen molar-refractivity contribution in [3.8, 4) is 0 Å². The Balaban J connectivity index is 1.67. The highest BCUT2D eigenvalue weighted by atomic mass is 35.5. The Hall–Kier alpha value is -2.00. The Morgan fingerprint density at radius 2 is 1.92 bits per heavy atom. The number of nitrogens with one attached hydrogen (secondary N) is 2. The number of anilines is 2. The Morgan fingerprint density at radius 3 is 2.77 bits per heavy atom. The first-order valence-corrected chi connectivity index (χ1v) is 9.96. The Labute approximate surface area is 160 Å². The second-order valence-electron chi connectivity index (χ2n) is 7.71. The maximum Gasteiger partial charge on any atom is 0.127 e. The minimum Gasteiger partial charge on any atom is -0.371 e. The molecule has 0 aromatic heterocycles. The van der Waals surface area contributed by atoms with Gasteiger partial charge in [0.1, 0.15) is 5.84 Å². The van der Waals surface area contributed by atoms with Gasteiger partial charge in [0.15, 0.2) is 0 Å². The van der Waals surface area contributed by atoms with Crippen molar-refractivity contribution in [2.45, 2.75) is 51.1 Å². The van der Waals surface area contributed by atoms with Crippen LogP contribution in [0.25, 0.3) is 0 Å². The van der Waals surface area contributed by atoms with Crippen molar-refractivity contribution in [2.75, 3.05) is 10.6 Å². The lowest BCUT2D eigenvalue weighted by molar-refractivity contribution is 0.486. The van der Waals surface area contributed by atoms with Crippen LogP contribution in [0.3, 0.4) is 0 Å². The van der Waals surface area contributed by atoms with Gasteiger partial charge in [-0.25, -0.2) is 0 Å². The van der Waals surface area contributed by atoms with Gasteiger partial charge in [-0.15, -0.1) is 0 Å². The van der Waals surface area contributed by atoms with Crippen LogP contribution in [0.15, 0.2) is 53.5 Å². The fourth-order valence-corrected chi connectivity index (χ4v) is 4.35. The van der Waals surface area contributed by atoms with E-state index < -0.39 is 0 Å². The third-order valence-corrected chi connectivity index (χ3v) is 5.92. The molecule has 2 N–H and O–H groups in total. The van der Waals surface area contributed by atoms with Gasteiger partial charge < -0.3 is 10.6 Å². The van der Waals surface area contributed by atoms with Crippen LogP contribution in [0.1, 0.15) is 44.6 Å². The molecule has 1 fully saturated rings. The molecular formula is C22H26ClN3. The molecule has 2 aromatic rings. The number of fused-ring (bicyclic) bond motifs is 1. The molecule has 26 heavy (non-hydrogen) atoms. The zero-order chi connectivity index (χ0) is 18.0. The third kappa shape index (κ3) is 3.59. The van der Waals surface area contributed by atoms with Crippen LogP contribution in [-0.2, 0) is 6.54 Å². The highest BCUT2D eigenvalue weighted by Crippen LogP contribution is 2.40. The van der Waals surface area contributed by atoms with Gasteiger partial charge in [-0.1, -0.05) is 55.6 Å². The molecule has 4 heteroatoms. The normalized spacial score (nSPS) is 26.7. The van der Waals surface area contributed by atoms with Crippen molar-refractivity contribution in [2.24, 2.45) is 10.9 Å². The van der Waals surface area contributed by atoms with Gasteiger partial charge in [0.2, 0.25) is 0 Å². The molecule has 1 spiro atoms. The summed E-state index contributed by atoms with van der Waals surface area (Å²) in [5.74, 6) is 1.85. The number of hydrogen-bond acceptors (Lipinski definition) is 2. The first-order valence-electron chi connectivity index (χ1n) is 9.58. The molecule has 1 aliphatic heterocycles. The monoisotopic (exact) mass is 367 g/mol. The van der Waals surface area contributed by atoms with Crippen molar-refractivity contribution in [3.05, 3.63) is 59.1 Å². The molecule has 1 saturated carbocycles. The maximum absolute atomic E-state index is 6.14. The predicted molar refractivity (Wildman–Crippen MR) is 111 cm³/mol. The first kappa shape index (κ1) is 17.4. The number of aliphatic imine (C=N–C) groups is 1. The average molecular weight is 368 g/mol. The molecule has 0 saturated heterocycles. The summed E-state index contributed by atoms with van der Waals surface area (Å²) in [5, 5.41) is 8.26. The molecule has 2 atom stereocenters. The second kappa shape index (κ2) is 7.32. The molecule has 0 bridgehead atoms. The van der Waals surface area contributed by atoms with E-state index in [1.807, 2.05) is 18.2 Å². The molecule has 136 valence electrons. The Bertz CT molecular complexity index is 817. The van der Waals surface area contributed by atoms with Crippen LogP contribution < -0.4 is 10.6 Å². The van der Waals surface area contributed by atoms with Gasteiger partial charge in [0.25, 0.3) is 0 Å². The molecule has 1 aliphatic carbocycles. The SMILES string of the molecule is CC1CCCC2(CC1)Nc1ccccc1NC2=NCc1cccc(Cl)c1. The van der Waals surface area contributed by atoms with Crippen molar-refractivity contribution in [3.63, 3.8) is 0 Å². The molecule has 0 amide bonds. The van der Waals surface area contributed by atoms with Crippen LogP contribution in [0.4, 0.5) is 11.4 Å². The minimum atomic E-state index is -0.0856. The largest absolute Gasteiger partial charge is 0.371 e. The van der Waals surface area contributed by atoms with E-state index in [1.165, 1.54) is 24.9 Å². The average Bonchev–Trinajstić information content (AvgIpc) is 2.82. The van der Waals surface area contributed by atoms with E-state index in [2.05, 4.69) is 47.9 Å². The van der Waals surface area contributed by atoms with Gasteiger partial charge in [0.05, 0.1) is 23.5 Å². The fraction of sp³-hybridized carbons (Fsp3) is 0.409. The topological polar surface area (TPSA) is 36.4 Å². The lowest BCUT2D eigenvalue weighted by atomic mass is 9.85. The molecule has 4 rings (SSSR count). The van der Waals surface area contributed by atoms with Crippen molar-refractivity contribution in [1.29, 1.82) is 0 Å². The number of amidine groups is 1. The number of hydrogen-bond donors (Lipinski definition) is 2. The summed E-state index contributed by atoms with van der Waals surface area (Å²) in [6, 6.07) is 16.4. The Morgan fingerprint density at radius 1 is 1.08 bits per heavy atom. The van der Waals surface area contributed by atoms with Crippen LogP contribution in [0, 0.1) is 5.92 Å². The van der Waals surface area contributed by atoms with Gasteiger partial charge in [-0.05, 0) is 55.0 Å². The number of nitrogens with zero attached hydrogens (tertiary/aromatic N) is 1. The smallest absolute Gasteiger partial charge is 0.127 e. The lowest BCUT2D eigenvalue weighted by Crippen LogP contribution is -2.52. The van der Waals surface area contributed by atoms with E-state index in [0.29, 0.717) is 6.54 Å². The summed E-state index contributed by atoms with van der Waals surface area (Å²) in [6.45, 7) is 3.01. The molecule has 2 aromatic carbocycles. The van der Waals surface area contributed by atoms with E-state index in [1.54, 1.807) is 0 Å². The van der Waals surface area contributed by atoms with E-state index in [9.17, 15) is 0 Å². The summed E-state index contributed by atoms with van der Waals surface area (Å²) >= 11 is 6.14. The van der Waals surface area contributed by atoms with Crippen LogP contribution in [-0.4, -0.2) is 11.4 Å². The standard InChI is InChI=1S/C22H26ClN3/c1-16-6-5-12-22(13-11-16)21(24-15-17-7-4-8-18(23)14-17)25-19-9-2-3-10-20(19)26-22/h2-4,7-10,14,16,26H,5-6,11-13,15H2,1H3,(H,24,25). The minimum absolute atomic E-state index is 0.0856. The third-order valence-electron chi connectivity index (χ3n) is 5.68. The summed E-state index contributed by atoms with van der Waals surface area (Å²) < 4.78 is 0. The number of para-hydroxylation sites is 2. The van der Waals surface area contributed by atoms with E-state index >= 15 is 0 Å². The predicted octanol–water partition coefficient (Wildman–Crippen LogP) is 6.12. The summed E-state index contributed by atoms with van der Waals surface area (Å²) in [4.78, 5) is 5.02. The number of halogens is 1. The Kier molecular flexibility index (Phi) is 4.90. The summed E-state index contributed by atoms with van der Waals surface area (Å²) in [7, 11) is 0. The highest BCUT2D eigenvalue weighted by molar-refractivity contribution is 6.30. The lowest BCUT2D eigenvalue weighted by Gasteiger charge is -2.41. The molecule has 2 aliphatic rings. The molecule has 0 radical (unpaired) electrons. The number of rotatable bonds is 2. The van der Waals surface area contributed by atoms with E-state index in [4.69, 9.17) is 16.6 Å². The van der Waals surface area contributed by atoms with Crippen molar-refractivity contribution < 1.29 is 0 Å². The molecule has 2 unspecified atom stereocenters. The fourth-order valence-electron chi connectivity index (χ4n) is 4.14. The van der Waals surface area contributed by atoms with E-state index in [0.717, 1.165) is 40.9 Å².